The van der Waals surface area contributed by atoms with Crippen LogP contribution in [0.5, 0.6) is 0 Å². The first kappa shape index (κ1) is 32.8. The van der Waals surface area contributed by atoms with Gasteiger partial charge in [-0.2, -0.15) is 0 Å². The largest absolute Gasteiger partial charge is 0.444 e. The molecule has 10 heteroatoms. The third kappa shape index (κ3) is 8.87. The number of benzene rings is 1. The van der Waals surface area contributed by atoms with Gasteiger partial charge in [-0.05, 0) is 65.0 Å². The molecule has 0 aromatic heterocycles. The van der Waals surface area contributed by atoms with Gasteiger partial charge in [0.15, 0.2) is 0 Å². The van der Waals surface area contributed by atoms with E-state index in [2.05, 4.69) is 31.0 Å². The van der Waals surface area contributed by atoms with Crippen molar-refractivity contribution in [2.75, 3.05) is 39.3 Å². The van der Waals surface area contributed by atoms with Gasteiger partial charge in [-0.25, -0.2) is 13.6 Å². The van der Waals surface area contributed by atoms with Gasteiger partial charge in [0.25, 0.3) is 0 Å². The Morgan fingerprint density at radius 2 is 1.51 bits per heavy atom. The van der Waals surface area contributed by atoms with E-state index < -0.39 is 41.2 Å². The van der Waals surface area contributed by atoms with Crippen molar-refractivity contribution < 1.29 is 27.9 Å². The Labute approximate surface area is 243 Å². The second-order valence-corrected chi connectivity index (χ2v) is 14.6. The lowest BCUT2D eigenvalue weighted by Crippen LogP contribution is -2.57. The molecule has 0 bridgehead atoms. The van der Waals surface area contributed by atoms with Crippen LogP contribution in [-0.4, -0.2) is 89.1 Å². The summed E-state index contributed by atoms with van der Waals surface area (Å²) in [5, 5.41) is 2.76. The van der Waals surface area contributed by atoms with Crippen LogP contribution < -0.4 is 5.32 Å². The first-order valence-electron chi connectivity index (χ1n) is 14.5. The zero-order valence-electron chi connectivity index (χ0n) is 26.1. The summed E-state index contributed by atoms with van der Waals surface area (Å²) in [5.74, 6) is -2.47. The van der Waals surface area contributed by atoms with Gasteiger partial charge < -0.3 is 19.9 Å². The summed E-state index contributed by atoms with van der Waals surface area (Å²) in [7, 11) is 0. The molecule has 2 aliphatic heterocycles. The third-order valence-corrected chi connectivity index (χ3v) is 7.66. The molecule has 3 rings (SSSR count). The molecule has 0 aliphatic carbocycles. The molecular formula is C31H48F2N4O4. The number of halogens is 2. The predicted octanol–water partition coefficient (Wildman–Crippen LogP) is 4.78. The number of hydrogen-bond acceptors (Lipinski definition) is 5. The van der Waals surface area contributed by atoms with Gasteiger partial charge in [0.2, 0.25) is 11.8 Å². The van der Waals surface area contributed by atoms with E-state index in [0.29, 0.717) is 51.3 Å². The van der Waals surface area contributed by atoms with Crippen molar-refractivity contribution in [3.63, 3.8) is 0 Å². The van der Waals surface area contributed by atoms with Crippen molar-refractivity contribution in [2.45, 2.75) is 91.8 Å². The SMILES string of the molecule is CC(C)(C)C[C@H](NC(=O)OC(C)(C)C)C(=O)N1CCN(C(=O)[C@@H]2CN(C(C)(C)C)C[C@H]2c2ccc(F)cc2F)CC1. The standard InChI is InChI=1S/C31H48F2N4O4/c1-29(2,3)17-25(34-28(40)41-31(7,8)9)27(39)36-14-12-35(13-15-36)26(38)23-19-37(30(4,5)6)18-22(23)21-11-10-20(32)16-24(21)33/h10-11,16,22-23,25H,12-15,17-19H2,1-9H3,(H,34,40)/t22-,23+,25-/m0/s1. The van der Waals surface area contributed by atoms with E-state index in [1.165, 1.54) is 12.1 Å². The zero-order valence-corrected chi connectivity index (χ0v) is 26.1. The number of piperazine rings is 1. The molecule has 230 valence electrons. The van der Waals surface area contributed by atoms with Crippen LogP contribution in [-0.2, 0) is 14.3 Å². The number of rotatable bonds is 5. The van der Waals surface area contributed by atoms with Crippen molar-refractivity contribution in [2.24, 2.45) is 11.3 Å². The highest BCUT2D eigenvalue weighted by Crippen LogP contribution is 2.38. The molecule has 0 saturated carbocycles. The molecule has 8 nitrogen and oxygen atoms in total. The summed E-state index contributed by atoms with van der Waals surface area (Å²) in [5.41, 5.74) is -0.788. The summed E-state index contributed by atoms with van der Waals surface area (Å²) in [6, 6.07) is 2.81. The van der Waals surface area contributed by atoms with Crippen LogP contribution in [0.1, 0.15) is 80.2 Å². The number of alkyl carbamates (subject to hydrolysis) is 1. The predicted molar refractivity (Wildman–Crippen MR) is 154 cm³/mol. The maximum Gasteiger partial charge on any atom is 0.408 e. The molecule has 0 radical (unpaired) electrons. The van der Waals surface area contributed by atoms with E-state index in [4.69, 9.17) is 4.74 Å². The second-order valence-electron chi connectivity index (χ2n) is 14.6. The third-order valence-electron chi connectivity index (χ3n) is 7.66. The Balaban J connectivity index is 1.72. The lowest BCUT2D eigenvalue weighted by molar-refractivity contribution is -0.143. The van der Waals surface area contributed by atoms with E-state index in [1.54, 1.807) is 30.6 Å². The average molecular weight is 579 g/mol. The fourth-order valence-electron chi connectivity index (χ4n) is 5.58. The zero-order chi connectivity index (χ0) is 30.9. The highest BCUT2D eigenvalue weighted by molar-refractivity contribution is 5.86. The van der Waals surface area contributed by atoms with Crippen LogP contribution in [0.2, 0.25) is 0 Å². The number of ether oxygens (including phenoxy) is 1. The fraction of sp³-hybridized carbons (Fsp3) is 0.710. The smallest absolute Gasteiger partial charge is 0.408 e. The fourth-order valence-corrected chi connectivity index (χ4v) is 5.58. The summed E-state index contributed by atoms with van der Waals surface area (Å²) in [4.78, 5) is 45.5. The molecule has 1 aromatic rings. The maximum atomic E-state index is 14.9. The molecule has 3 atom stereocenters. The highest BCUT2D eigenvalue weighted by atomic mass is 19.1. The highest BCUT2D eigenvalue weighted by Gasteiger charge is 2.45. The van der Waals surface area contributed by atoms with E-state index in [1.807, 2.05) is 20.8 Å². The van der Waals surface area contributed by atoms with Crippen LogP contribution in [0.25, 0.3) is 0 Å². The summed E-state index contributed by atoms with van der Waals surface area (Å²) >= 11 is 0. The molecule has 41 heavy (non-hydrogen) atoms. The number of carbonyl (C=O) groups excluding carboxylic acids is 3. The van der Waals surface area contributed by atoms with Crippen molar-refractivity contribution in [1.82, 2.24) is 20.0 Å². The summed E-state index contributed by atoms with van der Waals surface area (Å²) < 4.78 is 33.9. The van der Waals surface area contributed by atoms with Crippen LogP contribution in [0.15, 0.2) is 18.2 Å². The molecule has 3 amide bonds. The molecule has 2 fully saturated rings. The molecule has 1 N–H and O–H groups in total. The van der Waals surface area contributed by atoms with Gasteiger partial charge >= 0.3 is 6.09 Å². The Hall–Kier alpha value is -2.75. The lowest BCUT2D eigenvalue weighted by Gasteiger charge is -2.39. The van der Waals surface area contributed by atoms with Gasteiger partial charge in [-0.1, -0.05) is 26.8 Å². The molecule has 2 heterocycles. The molecule has 1 aromatic carbocycles. The van der Waals surface area contributed by atoms with Crippen molar-refractivity contribution in [3.05, 3.63) is 35.4 Å². The van der Waals surface area contributed by atoms with Gasteiger partial charge in [-0.3, -0.25) is 14.5 Å². The second kappa shape index (κ2) is 12.2. The Kier molecular flexibility index (Phi) is 9.78. The minimum absolute atomic E-state index is 0.0873. The summed E-state index contributed by atoms with van der Waals surface area (Å²) in [6.45, 7) is 19.8. The van der Waals surface area contributed by atoms with E-state index in [-0.39, 0.29) is 22.8 Å². The number of nitrogens with one attached hydrogen (secondary N) is 1. The van der Waals surface area contributed by atoms with E-state index >= 15 is 0 Å². The van der Waals surface area contributed by atoms with Crippen LogP contribution in [0.4, 0.5) is 13.6 Å². The number of likely N-dealkylation sites (tertiary alicyclic amines) is 1. The molecule has 2 saturated heterocycles. The van der Waals surface area contributed by atoms with Gasteiger partial charge in [-0.15, -0.1) is 0 Å². The molecular weight excluding hydrogens is 530 g/mol. The van der Waals surface area contributed by atoms with Gasteiger partial charge in [0, 0.05) is 56.8 Å². The minimum Gasteiger partial charge on any atom is -0.444 e. The number of amides is 3. The molecule has 2 aliphatic rings. The average Bonchev–Trinajstić information content (AvgIpc) is 3.26. The Morgan fingerprint density at radius 3 is 2.02 bits per heavy atom. The molecule has 0 unspecified atom stereocenters. The monoisotopic (exact) mass is 578 g/mol. The topological polar surface area (TPSA) is 82.2 Å². The summed E-state index contributed by atoms with van der Waals surface area (Å²) in [6.07, 6.45) is -0.211. The Morgan fingerprint density at radius 1 is 0.927 bits per heavy atom. The minimum atomic E-state index is -0.756. The molecule has 0 spiro atoms. The van der Waals surface area contributed by atoms with Gasteiger partial charge in [0.05, 0.1) is 5.92 Å². The number of carbonyl (C=O) groups is 3. The normalized spacial score (nSPS) is 21.5. The first-order chi connectivity index (χ1) is 18.7. The Bertz CT molecular complexity index is 1110. The maximum absolute atomic E-state index is 14.9. The number of hydrogen-bond donors (Lipinski definition) is 1. The van der Waals surface area contributed by atoms with Crippen LogP contribution in [0, 0.1) is 23.0 Å². The number of nitrogens with zero attached hydrogens (tertiary/aromatic N) is 3. The van der Waals surface area contributed by atoms with E-state index in [0.717, 1.165) is 6.07 Å². The lowest BCUT2D eigenvalue weighted by atomic mass is 9.87. The van der Waals surface area contributed by atoms with Crippen LogP contribution >= 0.6 is 0 Å². The van der Waals surface area contributed by atoms with Crippen molar-refractivity contribution in [3.8, 4) is 0 Å². The first-order valence-corrected chi connectivity index (χ1v) is 14.5. The van der Waals surface area contributed by atoms with E-state index in [9.17, 15) is 23.2 Å². The van der Waals surface area contributed by atoms with Crippen LogP contribution in [0.3, 0.4) is 0 Å². The quantitative estimate of drug-likeness (QED) is 0.544. The van der Waals surface area contributed by atoms with Gasteiger partial charge in [0.1, 0.15) is 23.3 Å². The van der Waals surface area contributed by atoms with Crippen molar-refractivity contribution >= 4 is 17.9 Å². The van der Waals surface area contributed by atoms with Crippen molar-refractivity contribution in [1.29, 1.82) is 0 Å².